The molecule has 3 aromatic rings. The summed E-state index contributed by atoms with van der Waals surface area (Å²) in [6, 6.07) is 9.94. The highest BCUT2D eigenvalue weighted by molar-refractivity contribution is 7.99. The Bertz CT molecular complexity index is 1100. The van der Waals surface area contributed by atoms with Gasteiger partial charge in [0.15, 0.2) is 0 Å². The summed E-state index contributed by atoms with van der Waals surface area (Å²) in [5.41, 5.74) is 0.832. The van der Waals surface area contributed by atoms with E-state index in [0.29, 0.717) is 17.8 Å². The topological polar surface area (TPSA) is 87.7 Å². The molecule has 1 aromatic carbocycles. The number of thioether (sulfide) groups is 1. The third kappa shape index (κ3) is 4.04. The zero-order valence-corrected chi connectivity index (χ0v) is 17.1. The van der Waals surface area contributed by atoms with Gasteiger partial charge < -0.3 is 4.90 Å². The van der Waals surface area contributed by atoms with Gasteiger partial charge in [-0.15, -0.1) is 11.8 Å². The Morgan fingerprint density at radius 3 is 2.80 bits per heavy atom. The summed E-state index contributed by atoms with van der Waals surface area (Å²) in [4.78, 5) is 20.7. The number of nitriles is 1. The number of halogens is 1. The minimum Gasteiger partial charge on any atom is -0.335 e. The summed E-state index contributed by atoms with van der Waals surface area (Å²) in [5.74, 6) is -0.975. The zero-order chi connectivity index (χ0) is 21.1. The Balaban J connectivity index is 1.59. The Kier molecular flexibility index (Phi) is 5.77. The number of piperidine rings is 1. The molecular formula is C21H19FN6OS. The number of amides is 1. The van der Waals surface area contributed by atoms with Gasteiger partial charge in [0, 0.05) is 24.0 Å². The standard InChI is InChI=1S/C21H19FN6OS/c1-14-5-6-16(30-19-11-15(12-23)7-8-24-19)13-27(14)21(29)20-17(22)3-2-4-18(20)28-25-9-10-26-28/h2-4,7-11,14,16H,5-6,13H2,1H3/t14-,16-/m1/s1. The predicted molar refractivity (Wildman–Crippen MR) is 110 cm³/mol. The van der Waals surface area contributed by atoms with Crippen molar-refractivity contribution in [1.82, 2.24) is 24.9 Å². The van der Waals surface area contributed by atoms with E-state index in [-0.39, 0.29) is 22.8 Å². The lowest BCUT2D eigenvalue weighted by Crippen LogP contribution is -2.47. The smallest absolute Gasteiger partial charge is 0.259 e. The van der Waals surface area contributed by atoms with Crippen LogP contribution in [0.25, 0.3) is 5.69 Å². The molecule has 1 aliphatic heterocycles. The number of nitrogens with zero attached hydrogens (tertiary/aromatic N) is 6. The summed E-state index contributed by atoms with van der Waals surface area (Å²) in [7, 11) is 0. The quantitative estimate of drug-likeness (QED) is 0.640. The maximum Gasteiger partial charge on any atom is 0.259 e. The number of rotatable bonds is 4. The Hall–Kier alpha value is -3.25. The van der Waals surface area contributed by atoms with Crippen LogP contribution in [-0.4, -0.2) is 48.6 Å². The van der Waals surface area contributed by atoms with Gasteiger partial charge >= 0.3 is 0 Å². The van der Waals surface area contributed by atoms with Crippen LogP contribution in [0.1, 0.15) is 35.7 Å². The third-order valence-corrected chi connectivity index (χ3v) is 6.27. The molecule has 0 saturated carbocycles. The van der Waals surface area contributed by atoms with Gasteiger partial charge in [-0.2, -0.15) is 20.3 Å². The molecule has 0 unspecified atom stereocenters. The average molecular weight is 422 g/mol. The molecule has 0 radical (unpaired) electrons. The highest BCUT2D eigenvalue weighted by Gasteiger charge is 2.33. The molecule has 0 bridgehead atoms. The van der Waals surface area contributed by atoms with Crippen molar-refractivity contribution in [2.75, 3.05) is 6.54 Å². The largest absolute Gasteiger partial charge is 0.335 e. The van der Waals surface area contributed by atoms with Crippen molar-refractivity contribution in [3.05, 3.63) is 65.9 Å². The highest BCUT2D eigenvalue weighted by Crippen LogP contribution is 2.32. The molecule has 1 saturated heterocycles. The molecule has 2 atom stereocenters. The maximum absolute atomic E-state index is 14.7. The monoisotopic (exact) mass is 422 g/mol. The number of hydrogen-bond donors (Lipinski definition) is 0. The Labute approximate surface area is 177 Å². The fourth-order valence-corrected chi connectivity index (χ4v) is 4.69. The number of carbonyl (C=O) groups excluding carboxylic acids is 1. The second-order valence-electron chi connectivity index (χ2n) is 7.07. The van der Waals surface area contributed by atoms with Gasteiger partial charge in [0.25, 0.3) is 5.91 Å². The van der Waals surface area contributed by atoms with Crippen LogP contribution in [0.4, 0.5) is 4.39 Å². The number of carbonyl (C=O) groups is 1. The van der Waals surface area contributed by atoms with E-state index in [9.17, 15) is 9.18 Å². The normalized spacial score (nSPS) is 18.8. The van der Waals surface area contributed by atoms with E-state index >= 15 is 0 Å². The average Bonchev–Trinajstić information content (AvgIpc) is 3.29. The van der Waals surface area contributed by atoms with E-state index in [4.69, 9.17) is 5.26 Å². The third-order valence-electron chi connectivity index (χ3n) is 5.09. The van der Waals surface area contributed by atoms with Crippen molar-refractivity contribution in [3.8, 4) is 11.8 Å². The van der Waals surface area contributed by atoms with Crippen molar-refractivity contribution in [1.29, 1.82) is 5.26 Å². The lowest BCUT2D eigenvalue weighted by molar-refractivity contribution is 0.0637. The first-order chi connectivity index (χ1) is 14.6. The van der Waals surface area contributed by atoms with Crippen molar-refractivity contribution in [2.24, 2.45) is 0 Å². The summed E-state index contributed by atoms with van der Waals surface area (Å²) >= 11 is 1.54. The van der Waals surface area contributed by atoms with Gasteiger partial charge in [-0.1, -0.05) is 6.07 Å². The van der Waals surface area contributed by atoms with E-state index < -0.39 is 5.82 Å². The minimum atomic E-state index is -0.597. The van der Waals surface area contributed by atoms with Crippen molar-refractivity contribution < 1.29 is 9.18 Å². The van der Waals surface area contributed by atoms with Gasteiger partial charge in [-0.3, -0.25) is 4.79 Å². The SMILES string of the molecule is C[C@@H]1CC[C@@H](Sc2cc(C#N)ccn2)CN1C(=O)c1c(F)cccc1-n1nccn1. The van der Waals surface area contributed by atoms with Crippen molar-refractivity contribution in [2.45, 2.75) is 36.1 Å². The molecule has 0 N–H and O–H groups in total. The van der Waals surface area contributed by atoms with Crippen LogP contribution < -0.4 is 0 Å². The van der Waals surface area contributed by atoms with Gasteiger partial charge in [-0.05, 0) is 44.0 Å². The molecule has 1 aliphatic rings. The molecule has 0 aliphatic carbocycles. The minimum absolute atomic E-state index is 0.0224. The van der Waals surface area contributed by atoms with E-state index in [1.165, 1.54) is 41.1 Å². The summed E-state index contributed by atoms with van der Waals surface area (Å²) in [6.45, 7) is 2.43. The first-order valence-electron chi connectivity index (χ1n) is 9.56. The first kappa shape index (κ1) is 20.0. The van der Waals surface area contributed by atoms with Gasteiger partial charge in [0.2, 0.25) is 0 Å². The van der Waals surface area contributed by atoms with Gasteiger partial charge in [0.05, 0.1) is 29.1 Å². The molecule has 1 fully saturated rings. The van der Waals surface area contributed by atoms with Crippen LogP contribution in [0.15, 0.2) is 53.9 Å². The molecule has 4 rings (SSSR count). The second-order valence-corrected chi connectivity index (χ2v) is 8.39. The van der Waals surface area contributed by atoms with Gasteiger partial charge in [-0.25, -0.2) is 9.37 Å². The number of likely N-dealkylation sites (tertiary alicyclic amines) is 1. The van der Waals surface area contributed by atoms with Gasteiger partial charge in [0.1, 0.15) is 17.1 Å². The molecule has 30 heavy (non-hydrogen) atoms. The van der Waals surface area contributed by atoms with Crippen LogP contribution >= 0.6 is 11.8 Å². The zero-order valence-electron chi connectivity index (χ0n) is 16.3. The molecule has 152 valence electrons. The molecule has 7 nitrogen and oxygen atoms in total. The van der Waals surface area contributed by atoms with E-state index in [1.807, 2.05) is 6.92 Å². The summed E-state index contributed by atoms with van der Waals surface area (Å²) < 4.78 is 14.7. The summed E-state index contributed by atoms with van der Waals surface area (Å²) in [5, 5.41) is 18.0. The van der Waals surface area contributed by atoms with Crippen molar-refractivity contribution in [3.63, 3.8) is 0 Å². The van der Waals surface area contributed by atoms with E-state index in [1.54, 1.807) is 29.3 Å². The predicted octanol–water partition coefficient (Wildman–Crippen LogP) is 3.46. The molecule has 0 spiro atoms. The first-order valence-corrected chi connectivity index (χ1v) is 10.4. The maximum atomic E-state index is 14.7. The fourth-order valence-electron chi connectivity index (χ4n) is 3.54. The molecule has 9 heteroatoms. The molecule has 1 amide bonds. The van der Waals surface area contributed by atoms with Crippen LogP contribution in [0.3, 0.4) is 0 Å². The van der Waals surface area contributed by atoms with Crippen LogP contribution in [0.5, 0.6) is 0 Å². The van der Waals surface area contributed by atoms with Crippen LogP contribution in [0.2, 0.25) is 0 Å². The van der Waals surface area contributed by atoms with Crippen molar-refractivity contribution >= 4 is 17.7 Å². The lowest BCUT2D eigenvalue weighted by atomic mass is 10.0. The Morgan fingerprint density at radius 2 is 2.03 bits per heavy atom. The van der Waals surface area contributed by atoms with Crippen LogP contribution in [0, 0.1) is 17.1 Å². The van der Waals surface area contributed by atoms with E-state index in [2.05, 4.69) is 21.3 Å². The molecule has 2 aromatic heterocycles. The fraction of sp³-hybridized carbons (Fsp3) is 0.286. The molecular weight excluding hydrogens is 403 g/mol. The second kappa shape index (κ2) is 8.63. The number of pyridine rings is 1. The highest BCUT2D eigenvalue weighted by atomic mass is 32.2. The number of benzene rings is 1. The number of hydrogen-bond acceptors (Lipinski definition) is 6. The lowest BCUT2D eigenvalue weighted by Gasteiger charge is -2.38. The van der Waals surface area contributed by atoms with E-state index in [0.717, 1.165) is 17.9 Å². The Morgan fingerprint density at radius 1 is 1.23 bits per heavy atom. The molecule has 3 heterocycles. The van der Waals surface area contributed by atoms with Crippen LogP contribution in [-0.2, 0) is 0 Å². The summed E-state index contributed by atoms with van der Waals surface area (Å²) in [6.07, 6.45) is 6.28. The number of aromatic nitrogens is 4.